The summed E-state index contributed by atoms with van der Waals surface area (Å²) in [5.74, 6) is 1.06. The second kappa shape index (κ2) is 6.04. The lowest BCUT2D eigenvalue weighted by atomic mass is 10.3. The van der Waals surface area contributed by atoms with E-state index < -0.39 is 0 Å². The van der Waals surface area contributed by atoms with Crippen molar-refractivity contribution in [2.75, 3.05) is 13.1 Å². The van der Waals surface area contributed by atoms with Crippen LogP contribution >= 0.6 is 11.6 Å². The SMILES string of the molecule is CCC(Cl)CNCCn1ccnc1C. The van der Waals surface area contributed by atoms with Crippen molar-refractivity contribution in [3.05, 3.63) is 18.2 Å². The van der Waals surface area contributed by atoms with Crippen LogP contribution in [0, 0.1) is 6.92 Å². The molecule has 1 aromatic heterocycles. The lowest BCUT2D eigenvalue weighted by Gasteiger charge is -2.09. The standard InChI is InChI=1S/C10H18ClN3/c1-3-10(11)8-12-4-6-14-7-5-13-9(14)2/h5,7,10,12H,3-4,6,8H2,1-2H3. The summed E-state index contributed by atoms with van der Waals surface area (Å²) >= 11 is 5.98. The van der Waals surface area contributed by atoms with Gasteiger partial charge in [-0.15, -0.1) is 11.6 Å². The van der Waals surface area contributed by atoms with E-state index in [2.05, 4.69) is 21.8 Å². The largest absolute Gasteiger partial charge is 0.334 e. The number of nitrogens with zero attached hydrogens (tertiary/aromatic N) is 2. The van der Waals surface area contributed by atoms with Gasteiger partial charge < -0.3 is 9.88 Å². The predicted octanol–water partition coefficient (Wildman–Crippen LogP) is 1.80. The molecule has 0 saturated heterocycles. The Morgan fingerprint density at radius 2 is 2.43 bits per heavy atom. The highest BCUT2D eigenvalue weighted by Crippen LogP contribution is 1.98. The van der Waals surface area contributed by atoms with Crippen LogP contribution in [-0.2, 0) is 6.54 Å². The highest BCUT2D eigenvalue weighted by Gasteiger charge is 2.00. The second-order valence-corrected chi connectivity index (χ2v) is 3.99. The van der Waals surface area contributed by atoms with Gasteiger partial charge in [0.05, 0.1) is 0 Å². The molecule has 1 unspecified atom stereocenters. The van der Waals surface area contributed by atoms with Crippen molar-refractivity contribution in [1.82, 2.24) is 14.9 Å². The zero-order valence-corrected chi connectivity index (χ0v) is 9.59. The van der Waals surface area contributed by atoms with Gasteiger partial charge in [-0.25, -0.2) is 4.98 Å². The van der Waals surface area contributed by atoms with E-state index >= 15 is 0 Å². The Hall–Kier alpha value is -0.540. The summed E-state index contributed by atoms with van der Waals surface area (Å²) in [6.45, 7) is 6.89. The van der Waals surface area contributed by atoms with Gasteiger partial charge in [0.1, 0.15) is 5.82 Å². The van der Waals surface area contributed by atoms with Gasteiger partial charge in [0.15, 0.2) is 0 Å². The topological polar surface area (TPSA) is 29.9 Å². The number of rotatable bonds is 6. The van der Waals surface area contributed by atoms with Crippen molar-refractivity contribution in [1.29, 1.82) is 0 Å². The first-order valence-electron chi connectivity index (χ1n) is 5.06. The molecule has 4 heteroatoms. The minimum Gasteiger partial charge on any atom is -0.334 e. The van der Waals surface area contributed by atoms with Crippen molar-refractivity contribution in [2.45, 2.75) is 32.2 Å². The normalized spacial score (nSPS) is 13.1. The molecule has 1 atom stereocenters. The third kappa shape index (κ3) is 3.68. The highest BCUT2D eigenvalue weighted by atomic mass is 35.5. The van der Waals surface area contributed by atoms with Crippen molar-refractivity contribution in [2.24, 2.45) is 0 Å². The van der Waals surface area contributed by atoms with E-state index in [9.17, 15) is 0 Å². The number of hydrogen-bond acceptors (Lipinski definition) is 2. The summed E-state index contributed by atoms with van der Waals surface area (Å²) in [6.07, 6.45) is 4.83. The molecule has 14 heavy (non-hydrogen) atoms. The first-order valence-corrected chi connectivity index (χ1v) is 5.50. The molecule has 1 heterocycles. The summed E-state index contributed by atoms with van der Waals surface area (Å²) in [5, 5.41) is 3.57. The van der Waals surface area contributed by atoms with E-state index in [0.29, 0.717) is 0 Å². The molecule has 0 aliphatic rings. The maximum absolute atomic E-state index is 5.98. The lowest BCUT2D eigenvalue weighted by Crippen LogP contribution is -2.26. The fraction of sp³-hybridized carbons (Fsp3) is 0.700. The third-order valence-corrected chi connectivity index (χ3v) is 2.72. The lowest BCUT2D eigenvalue weighted by molar-refractivity contribution is 0.575. The quantitative estimate of drug-likeness (QED) is 0.580. The molecule has 80 valence electrons. The van der Waals surface area contributed by atoms with Gasteiger partial charge in [0.2, 0.25) is 0 Å². The van der Waals surface area contributed by atoms with Crippen LogP contribution in [0.3, 0.4) is 0 Å². The number of halogens is 1. The van der Waals surface area contributed by atoms with Crippen LogP contribution in [-0.4, -0.2) is 28.0 Å². The highest BCUT2D eigenvalue weighted by molar-refractivity contribution is 6.20. The Balaban J connectivity index is 2.13. The summed E-state index contributed by atoms with van der Waals surface area (Å²) in [6, 6.07) is 0. The minimum absolute atomic E-state index is 0.249. The van der Waals surface area contributed by atoms with Crippen LogP contribution in [0.1, 0.15) is 19.2 Å². The Morgan fingerprint density at radius 1 is 1.64 bits per heavy atom. The molecule has 0 fully saturated rings. The number of aromatic nitrogens is 2. The van der Waals surface area contributed by atoms with Gasteiger partial charge >= 0.3 is 0 Å². The van der Waals surface area contributed by atoms with Crippen molar-refractivity contribution in [3.63, 3.8) is 0 Å². The molecule has 0 aliphatic heterocycles. The van der Waals surface area contributed by atoms with Crippen LogP contribution in [0.5, 0.6) is 0 Å². The van der Waals surface area contributed by atoms with Gasteiger partial charge in [0.25, 0.3) is 0 Å². The van der Waals surface area contributed by atoms with Crippen molar-refractivity contribution < 1.29 is 0 Å². The van der Waals surface area contributed by atoms with Crippen LogP contribution in [0.15, 0.2) is 12.4 Å². The van der Waals surface area contributed by atoms with E-state index in [4.69, 9.17) is 11.6 Å². The molecule has 1 aromatic rings. The van der Waals surface area contributed by atoms with Crippen LogP contribution in [0.2, 0.25) is 0 Å². The fourth-order valence-electron chi connectivity index (χ4n) is 1.24. The van der Waals surface area contributed by atoms with E-state index in [1.807, 2.05) is 19.3 Å². The molecule has 0 saturated carbocycles. The van der Waals surface area contributed by atoms with Crippen LogP contribution in [0.4, 0.5) is 0 Å². The molecule has 1 N–H and O–H groups in total. The number of imidazole rings is 1. The van der Waals surface area contributed by atoms with E-state index in [0.717, 1.165) is 31.9 Å². The molecule has 0 amide bonds. The number of hydrogen-bond donors (Lipinski definition) is 1. The molecular formula is C10H18ClN3. The number of alkyl halides is 1. The molecule has 1 rings (SSSR count). The van der Waals surface area contributed by atoms with E-state index in [-0.39, 0.29) is 5.38 Å². The summed E-state index contributed by atoms with van der Waals surface area (Å²) in [5.41, 5.74) is 0. The Labute approximate surface area is 90.5 Å². The van der Waals surface area contributed by atoms with Crippen LogP contribution in [0.25, 0.3) is 0 Å². The first kappa shape index (κ1) is 11.5. The average molecular weight is 216 g/mol. The minimum atomic E-state index is 0.249. The molecular weight excluding hydrogens is 198 g/mol. The number of aryl methyl sites for hydroxylation is 1. The Kier molecular flexibility index (Phi) is 4.98. The second-order valence-electron chi connectivity index (χ2n) is 3.38. The van der Waals surface area contributed by atoms with E-state index in [1.165, 1.54) is 0 Å². The van der Waals surface area contributed by atoms with Gasteiger partial charge in [0, 0.05) is 37.4 Å². The Bertz CT molecular complexity index is 260. The third-order valence-electron chi connectivity index (χ3n) is 2.26. The average Bonchev–Trinajstić information content (AvgIpc) is 2.58. The molecule has 0 bridgehead atoms. The van der Waals surface area contributed by atoms with E-state index in [1.54, 1.807) is 0 Å². The monoisotopic (exact) mass is 215 g/mol. The first-order chi connectivity index (χ1) is 6.74. The van der Waals surface area contributed by atoms with Gasteiger partial charge in [-0.2, -0.15) is 0 Å². The van der Waals surface area contributed by atoms with Gasteiger partial charge in [-0.1, -0.05) is 6.92 Å². The predicted molar refractivity (Wildman–Crippen MR) is 59.8 cm³/mol. The molecule has 0 aliphatic carbocycles. The summed E-state index contributed by atoms with van der Waals surface area (Å²) < 4.78 is 2.13. The van der Waals surface area contributed by atoms with Crippen molar-refractivity contribution in [3.8, 4) is 0 Å². The fourth-order valence-corrected chi connectivity index (χ4v) is 1.35. The number of nitrogens with one attached hydrogen (secondary N) is 1. The zero-order chi connectivity index (χ0) is 10.4. The molecule has 0 radical (unpaired) electrons. The summed E-state index contributed by atoms with van der Waals surface area (Å²) in [4.78, 5) is 4.16. The van der Waals surface area contributed by atoms with Gasteiger partial charge in [-0.3, -0.25) is 0 Å². The maximum Gasteiger partial charge on any atom is 0.105 e. The van der Waals surface area contributed by atoms with Crippen LogP contribution < -0.4 is 5.32 Å². The molecule has 0 spiro atoms. The van der Waals surface area contributed by atoms with Crippen molar-refractivity contribution >= 4 is 11.6 Å². The summed E-state index contributed by atoms with van der Waals surface area (Å²) in [7, 11) is 0. The molecule has 3 nitrogen and oxygen atoms in total. The zero-order valence-electron chi connectivity index (χ0n) is 8.83. The van der Waals surface area contributed by atoms with Gasteiger partial charge in [-0.05, 0) is 13.3 Å². The molecule has 0 aromatic carbocycles. The Morgan fingerprint density at radius 3 is 3.00 bits per heavy atom. The maximum atomic E-state index is 5.98. The smallest absolute Gasteiger partial charge is 0.105 e.